The van der Waals surface area contributed by atoms with Crippen LogP contribution in [0.2, 0.25) is 0 Å². The number of nitro benzene ring substituents is 1. The minimum absolute atomic E-state index is 0.109. The number of nitrogens with zero attached hydrogens (tertiary/aromatic N) is 1. The van der Waals surface area contributed by atoms with Crippen LogP contribution in [0, 0.1) is 13.7 Å². The molecule has 1 N–H and O–H groups in total. The molecule has 0 aliphatic carbocycles. The van der Waals surface area contributed by atoms with Crippen molar-refractivity contribution >= 4 is 49.9 Å². The molecule has 0 saturated heterocycles. The molecule has 0 saturated carbocycles. The van der Waals surface area contributed by atoms with Crippen LogP contribution in [-0.2, 0) is 6.54 Å². The third-order valence-corrected chi connectivity index (χ3v) is 3.92. The van der Waals surface area contributed by atoms with Gasteiger partial charge in [0.25, 0.3) is 5.69 Å². The van der Waals surface area contributed by atoms with E-state index in [-0.39, 0.29) is 10.6 Å². The molecule has 98 valence electrons. The minimum Gasteiger partial charge on any atom is -0.380 e. The first-order valence-corrected chi connectivity index (χ1v) is 7.35. The number of hydrogen-bond donors (Lipinski definition) is 1. The van der Waals surface area contributed by atoms with Gasteiger partial charge in [0.05, 0.1) is 4.92 Å². The first-order chi connectivity index (χ1) is 9.06. The zero-order chi connectivity index (χ0) is 13.8. The molecule has 0 fully saturated rings. The fraction of sp³-hybridized carbons (Fsp3) is 0.0769. The van der Waals surface area contributed by atoms with Gasteiger partial charge in [-0.25, -0.2) is 0 Å². The topological polar surface area (TPSA) is 55.2 Å². The quantitative estimate of drug-likeness (QED) is 0.437. The summed E-state index contributed by atoms with van der Waals surface area (Å²) in [5.74, 6) is 0. The van der Waals surface area contributed by atoms with Gasteiger partial charge in [-0.1, -0.05) is 28.1 Å². The first-order valence-electron chi connectivity index (χ1n) is 5.48. The Morgan fingerprint density at radius 1 is 1.26 bits per heavy atom. The van der Waals surface area contributed by atoms with Gasteiger partial charge in [-0.3, -0.25) is 10.1 Å². The second-order valence-corrected chi connectivity index (χ2v) is 5.98. The SMILES string of the molecule is O=[N+]([O-])c1ccc(NCc2cccc(Br)c2)c(I)c1. The average Bonchev–Trinajstić information content (AvgIpc) is 2.37. The van der Waals surface area contributed by atoms with Crippen LogP contribution in [0.4, 0.5) is 11.4 Å². The van der Waals surface area contributed by atoms with E-state index in [2.05, 4.69) is 43.8 Å². The Morgan fingerprint density at radius 3 is 2.68 bits per heavy atom. The summed E-state index contributed by atoms with van der Waals surface area (Å²) < 4.78 is 1.87. The Labute approximate surface area is 132 Å². The van der Waals surface area contributed by atoms with E-state index in [0.29, 0.717) is 6.54 Å². The van der Waals surface area contributed by atoms with Crippen molar-refractivity contribution in [1.29, 1.82) is 0 Å². The lowest BCUT2D eigenvalue weighted by atomic mass is 10.2. The predicted molar refractivity (Wildman–Crippen MR) is 87.3 cm³/mol. The van der Waals surface area contributed by atoms with Gasteiger partial charge < -0.3 is 5.32 Å². The lowest BCUT2D eigenvalue weighted by Gasteiger charge is -2.08. The van der Waals surface area contributed by atoms with E-state index in [1.165, 1.54) is 6.07 Å². The highest BCUT2D eigenvalue weighted by molar-refractivity contribution is 14.1. The summed E-state index contributed by atoms with van der Waals surface area (Å²) in [5, 5.41) is 13.9. The predicted octanol–water partition coefficient (Wildman–Crippen LogP) is 4.57. The molecule has 0 unspecified atom stereocenters. The zero-order valence-corrected chi connectivity index (χ0v) is 13.5. The van der Waals surface area contributed by atoms with Crippen LogP contribution >= 0.6 is 38.5 Å². The van der Waals surface area contributed by atoms with Crippen molar-refractivity contribution in [3.8, 4) is 0 Å². The van der Waals surface area contributed by atoms with Crippen LogP contribution in [0.25, 0.3) is 0 Å². The molecular weight excluding hydrogens is 423 g/mol. The second kappa shape index (κ2) is 6.33. The van der Waals surface area contributed by atoms with Crippen molar-refractivity contribution in [2.24, 2.45) is 0 Å². The molecule has 0 aliphatic rings. The van der Waals surface area contributed by atoms with Gasteiger partial charge in [0.2, 0.25) is 0 Å². The number of hydrogen-bond acceptors (Lipinski definition) is 3. The van der Waals surface area contributed by atoms with Gasteiger partial charge in [-0.2, -0.15) is 0 Å². The maximum Gasteiger partial charge on any atom is 0.270 e. The number of rotatable bonds is 4. The number of anilines is 1. The van der Waals surface area contributed by atoms with Crippen LogP contribution < -0.4 is 5.32 Å². The Balaban J connectivity index is 2.10. The van der Waals surface area contributed by atoms with E-state index in [9.17, 15) is 10.1 Å². The summed E-state index contributed by atoms with van der Waals surface area (Å²) in [6.45, 7) is 0.674. The maximum absolute atomic E-state index is 10.7. The third kappa shape index (κ3) is 3.90. The smallest absolute Gasteiger partial charge is 0.270 e. The molecule has 4 nitrogen and oxygen atoms in total. The van der Waals surface area contributed by atoms with Crippen LogP contribution in [0.3, 0.4) is 0 Å². The highest BCUT2D eigenvalue weighted by Crippen LogP contribution is 2.24. The van der Waals surface area contributed by atoms with Crippen LogP contribution in [0.15, 0.2) is 46.9 Å². The maximum atomic E-state index is 10.7. The second-order valence-electron chi connectivity index (χ2n) is 3.90. The van der Waals surface area contributed by atoms with E-state index in [1.54, 1.807) is 12.1 Å². The Bertz CT molecular complexity index is 619. The van der Waals surface area contributed by atoms with E-state index < -0.39 is 0 Å². The van der Waals surface area contributed by atoms with E-state index in [1.807, 2.05) is 24.3 Å². The molecule has 2 aromatic rings. The normalized spacial score (nSPS) is 10.2. The Morgan fingerprint density at radius 2 is 2.05 bits per heavy atom. The van der Waals surface area contributed by atoms with Crippen molar-refractivity contribution in [3.63, 3.8) is 0 Å². The van der Waals surface area contributed by atoms with Gasteiger partial charge in [0, 0.05) is 32.4 Å². The monoisotopic (exact) mass is 432 g/mol. The molecule has 2 aromatic carbocycles. The Kier molecular flexibility index (Phi) is 4.76. The summed E-state index contributed by atoms with van der Waals surface area (Å²) in [6, 6.07) is 12.8. The molecule has 0 bridgehead atoms. The number of nitro groups is 1. The van der Waals surface area contributed by atoms with E-state index >= 15 is 0 Å². The number of non-ortho nitro benzene ring substituents is 1. The molecule has 2 rings (SSSR count). The van der Waals surface area contributed by atoms with E-state index in [0.717, 1.165) is 19.3 Å². The highest BCUT2D eigenvalue weighted by Gasteiger charge is 2.08. The molecule has 19 heavy (non-hydrogen) atoms. The number of benzene rings is 2. The molecule has 0 amide bonds. The molecule has 0 heterocycles. The molecule has 0 atom stereocenters. The molecule has 0 aliphatic heterocycles. The summed E-state index contributed by atoms with van der Waals surface area (Å²) >= 11 is 5.52. The fourth-order valence-electron chi connectivity index (χ4n) is 1.61. The zero-order valence-electron chi connectivity index (χ0n) is 9.77. The molecule has 0 aromatic heterocycles. The molecule has 6 heteroatoms. The molecular formula is C13H10BrIN2O2. The van der Waals surface area contributed by atoms with Crippen molar-refractivity contribution in [1.82, 2.24) is 0 Å². The highest BCUT2D eigenvalue weighted by atomic mass is 127. The lowest BCUT2D eigenvalue weighted by molar-refractivity contribution is -0.384. The largest absolute Gasteiger partial charge is 0.380 e. The third-order valence-electron chi connectivity index (χ3n) is 2.54. The molecule has 0 spiro atoms. The van der Waals surface area contributed by atoms with Gasteiger partial charge >= 0.3 is 0 Å². The summed E-state index contributed by atoms with van der Waals surface area (Å²) in [4.78, 5) is 10.3. The van der Waals surface area contributed by atoms with Crippen molar-refractivity contribution < 1.29 is 4.92 Å². The first kappa shape index (κ1) is 14.3. The standard InChI is InChI=1S/C13H10BrIN2O2/c14-10-3-1-2-9(6-10)8-16-13-5-4-11(17(18)19)7-12(13)15/h1-7,16H,8H2. The van der Waals surface area contributed by atoms with Crippen molar-refractivity contribution in [2.45, 2.75) is 6.54 Å². The van der Waals surface area contributed by atoms with Gasteiger partial charge in [-0.15, -0.1) is 0 Å². The minimum atomic E-state index is -0.389. The number of nitrogens with one attached hydrogen (secondary N) is 1. The summed E-state index contributed by atoms with van der Waals surface area (Å²) in [5.41, 5.74) is 2.15. The molecule has 0 radical (unpaired) electrons. The van der Waals surface area contributed by atoms with Crippen molar-refractivity contribution in [3.05, 3.63) is 66.2 Å². The summed E-state index contributed by atoms with van der Waals surface area (Å²) in [6.07, 6.45) is 0. The van der Waals surface area contributed by atoms with Crippen molar-refractivity contribution in [2.75, 3.05) is 5.32 Å². The van der Waals surface area contributed by atoms with Gasteiger partial charge in [0.15, 0.2) is 0 Å². The van der Waals surface area contributed by atoms with E-state index in [4.69, 9.17) is 0 Å². The van der Waals surface area contributed by atoms with Gasteiger partial charge in [0.1, 0.15) is 0 Å². The fourth-order valence-corrected chi connectivity index (χ4v) is 2.74. The van der Waals surface area contributed by atoms with Gasteiger partial charge in [-0.05, 0) is 46.4 Å². The average molecular weight is 433 g/mol. The summed E-state index contributed by atoms with van der Waals surface area (Å²) in [7, 11) is 0. The van der Waals surface area contributed by atoms with Crippen LogP contribution in [0.1, 0.15) is 5.56 Å². The van der Waals surface area contributed by atoms with Crippen LogP contribution in [-0.4, -0.2) is 4.92 Å². The lowest BCUT2D eigenvalue weighted by Crippen LogP contribution is -2.01. The Hall–Kier alpha value is -1.15. The van der Waals surface area contributed by atoms with Crippen LogP contribution in [0.5, 0.6) is 0 Å². The number of halogens is 2.